The van der Waals surface area contributed by atoms with Crippen molar-refractivity contribution in [2.75, 3.05) is 32.7 Å². The molecule has 0 N–H and O–H groups in total. The topological polar surface area (TPSA) is 87.0 Å². The Labute approximate surface area is 175 Å². The van der Waals surface area contributed by atoms with Crippen molar-refractivity contribution >= 4 is 27.3 Å². The monoisotopic (exact) mass is 438 g/mol. The summed E-state index contributed by atoms with van der Waals surface area (Å²) >= 11 is 1.26. The van der Waals surface area contributed by atoms with Crippen LogP contribution in [0.1, 0.15) is 29.2 Å². The molecule has 2 aromatic rings. The quantitative estimate of drug-likeness (QED) is 0.708. The summed E-state index contributed by atoms with van der Waals surface area (Å²) in [6.45, 7) is 7.52. The number of piperazine rings is 1. The Morgan fingerprint density at radius 1 is 1.21 bits per heavy atom. The summed E-state index contributed by atoms with van der Waals surface area (Å²) in [5.41, 5.74) is 0.890. The van der Waals surface area contributed by atoms with E-state index in [1.807, 2.05) is 24.8 Å². The van der Waals surface area contributed by atoms with Crippen molar-refractivity contribution in [1.29, 1.82) is 0 Å². The molecule has 0 spiro atoms. The van der Waals surface area contributed by atoms with Gasteiger partial charge in [0.25, 0.3) is 10.0 Å². The van der Waals surface area contributed by atoms with Crippen molar-refractivity contribution in [2.45, 2.75) is 43.5 Å². The van der Waals surface area contributed by atoms with Crippen molar-refractivity contribution in [1.82, 2.24) is 19.3 Å². The van der Waals surface area contributed by atoms with Gasteiger partial charge in [-0.3, -0.25) is 9.69 Å². The number of nitrogens with zero attached hydrogens (tertiary/aromatic N) is 4. The van der Waals surface area contributed by atoms with Crippen molar-refractivity contribution < 1.29 is 17.7 Å². The number of amides is 1. The van der Waals surface area contributed by atoms with E-state index in [1.165, 1.54) is 15.6 Å². The van der Waals surface area contributed by atoms with Gasteiger partial charge in [0.15, 0.2) is 0 Å². The number of carbonyl (C=O) groups is 1. The van der Waals surface area contributed by atoms with E-state index in [9.17, 15) is 13.2 Å². The number of carbonyl (C=O) groups excluding carboxylic acids is 1. The number of rotatable bonds is 5. The molecule has 0 aliphatic carbocycles. The van der Waals surface area contributed by atoms with Gasteiger partial charge in [0, 0.05) is 50.2 Å². The highest BCUT2D eigenvalue weighted by Gasteiger charge is 2.42. The lowest BCUT2D eigenvalue weighted by Crippen LogP contribution is -2.54. The molecule has 1 unspecified atom stereocenters. The van der Waals surface area contributed by atoms with Crippen LogP contribution in [0.2, 0.25) is 0 Å². The van der Waals surface area contributed by atoms with Crippen LogP contribution < -0.4 is 0 Å². The van der Waals surface area contributed by atoms with E-state index in [-0.39, 0.29) is 5.91 Å². The zero-order valence-corrected chi connectivity index (χ0v) is 18.3. The van der Waals surface area contributed by atoms with Gasteiger partial charge in [-0.2, -0.15) is 4.31 Å². The number of aromatic nitrogens is 1. The van der Waals surface area contributed by atoms with Gasteiger partial charge in [0.1, 0.15) is 16.0 Å². The lowest BCUT2D eigenvalue weighted by Gasteiger charge is -2.36. The van der Waals surface area contributed by atoms with Crippen molar-refractivity contribution in [3.63, 3.8) is 0 Å². The van der Waals surface area contributed by atoms with Gasteiger partial charge in [-0.25, -0.2) is 8.42 Å². The fraction of sp³-hybridized carbons (Fsp3) is 0.579. The lowest BCUT2D eigenvalue weighted by atomic mass is 10.2. The SMILES string of the molecule is Cc1cc(CN2CCN(C(=O)C3CCCN3S(=O)(=O)c3ccc(C)s3)CC2)no1. The first-order valence-corrected chi connectivity index (χ1v) is 12.1. The second-order valence-corrected chi connectivity index (χ2v) is 11.1. The summed E-state index contributed by atoms with van der Waals surface area (Å²) in [7, 11) is -3.62. The molecule has 2 saturated heterocycles. The average Bonchev–Trinajstić information content (AvgIpc) is 3.43. The van der Waals surface area contributed by atoms with Crippen molar-refractivity contribution in [2.24, 2.45) is 0 Å². The van der Waals surface area contributed by atoms with Crippen LogP contribution in [0.25, 0.3) is 0 Å². The molecule has 1 amide bonds. The van der Waals surface area contributed by atoms with Crippen LogP contribution in [-0.4, -0.2) is 72.4 Å². The Kier molecular flexibility index (Phi) is 5.78. The standard InChI is InChI=1S/C19H26N4O4S2/c1-14-12-16(20-27-14)13-21-8-10-22(11-9-21)19(24)17-4-3-7-23(17)29(25,26)18-6-5-15(2)28-18/h5-6,12,17H,3-4,7-11,13H2,1-2H3. The minimum Gasteiger partial charge on any atom is -0.361 e. The Morgan fingerprint density at radius 3 is 2.59 bits per heavy atom. The molecule has 158 valence electrons. The highest BCUT2D eigenvalue weighted by atomic mass is 32.2. The third-order valence-corrected chi connectivity index (χ3v) is 8.89. The second-order valence-electron chi connectivity index (χ2n) is 7.67. The molecule has 4 rings (SSSR count). The van der Waals surface area contributed by atoms with Gasteiger partial charge >= 0.3 is 0 Å². The molecule has 2 aliphatic rings. The van der Waals surface area contributed by atoms with E-state index in [0.29, 0.717) is 43.2 Å². The van der Waals surface area contributed by atoms with E-state index in [0.717, 1.165) is 29.4 Å². The molecular formula is C19H26N4O4S2. The maximum Gasteiger partial charge on any atom is 0.253 e. The van der Waals surface area contributed by atoms with Crippen LogP contribution in [0.5, 0.6) is 0 Å². The number of thiophene rings is 1. The first kappa shape index (κ1) is 20.5. The van der Waals surface area contributed by atoms with Crippen molar-refractivity contribution in [3.05, 3.63) is 34.5 Å². The molecule has 2 aromatic heterocycles. The summed E-state index contributed by atoms with van der Waals surface area (Å²) in [6.07, 6.45) is 1.30. The van der Waals surface area contributed by atoms with E-state index >= 15 is 0 Å². The fourth-order valence-corrected chi connectivity index (χ4v) is 7.06. The summed E-state index contributed by atoms with van der Waals surface area (Å²) in [5, 5.41) is 4.02. The minimum atomic E-state index is -3.62. The Hall–Kier alpha value is -1.75. The molecule has 8 nitrogen and oxygen atoms in total. The summed E-state index contributed by atoms with van der Waals surface area (Å²) < 4.78 is 32.9. The smallest absolute Gasteiger partial charge is 0.253 e. The summed E-state index contributed by atoms with van der Waals surface area (Å²) in [5.74, 6) is 0.716. The maximum atomic E-state index is 13.1. The highest BCUT2D eigenvalue weighted by Crippen LogP contribution is 2.31. The van der Waals surface area contributed by atoms with E-state index in [1.54, 1.807) is 12.1 Å². The zero-order chi connectivity index (χ0) is 20.6. The van der Waals surface area contributed by atoms with E-state index in [4.69, 9.17) is 4.52 Å². The molecule has 0 bridgehead atoms. The van der Waals surface area contributed by atoms with Gasteiger partial charge in [-0.15, -0.1) is 11.3 Å². The van der Waals surface area contributed by atoms with Crippen LogP contribution in [0.15, 0.2) is 26.9 Å². The third kappa shape index (κ3) is 4.25. The van der Waals surface area contributed by atoms with E-state index in [2.05, 4.69) is 10.1 Å². The van der Waals surface area contributed by atoms with Crippen LogP contribution in [-0.2, 0) is 21.4 Å². The predicted octanol–water partition coefficient (Wildman–Crippen LogP) is 1.85. The molecular weight excluding hydrogens is 412 g/mol. The fourth-order valence-electron chi connectivity index (χ4n) is 4.00. The number of aryl methyl sites for hydroxylation is 2. The largest absolute Gasteiger partial charge is 0.361 e. The molecule has 0 radical (unpaired) electrons. The molecule has 2 fully saturated rings. The summed E-state index contributed by atoms with van der Waals surface area (Å²) in [6, 6.07) is 4.78. The Morgan fingerprint density at radius 2 is 1.97 bits per heavy atom. The predicted molar refractivity (Wildman–Crippen MR) is 109 cm³/mol. The Bertz CT molecular complexity index is 976. The van der Waals surface area contributed by atoms with Crippen molar-refractivity contribution in [3.8, 4) is 0 Å². The number of hydrogen-bond donors (Lipinski definition) is 0. The van der Waals surface area contributed by atoms with Crippen LogP contribution in [0.3, 0.4) is 0 Å². The third-order valence-electron chi connectivity index (χ3n) is 5.51. The molecule has 29 heavy (non-hydrogen) atoms. The van der Waals surface area contributed by atoms with Gasteiger partial charge in [0.2, 0.25) is 5.91 Å². The number of hydrogen-bond acceptors (Lipinski definition) is 7. The van der Waals surface area contributed by atoms with Gasteiger partial charge < -0.3 is 9.42 Å². The molecule has 10 heteroatoms. The first-order chi connectivity index (χ1) is 13.8. The summed E-state index contributed by atoms with van der Waals surface area (Å²) in [4.78, 5) is 18.1. The lowest BCUT2D eigenvalue weighted by molar-refractivity contribution is -0.136. The average molecular weight is 439 g/mol. The molecule has 4 heterocycles. The molecule has 0 aromatic carbocycles. The zero-order valence-electron chi connectivity index (χ0n) is 16.7. The molecule has 2 aliphatic heterocycles. The van der Waals surface area contributed by atoms with Crippen LogP contribution in [0.4, 0.5) is 0 Å². The van der Waals surface area contributed by atoms with Gasteiger partial charge in [-0.1, -0.05) is 5.16 Å². The maximum absolute atomic E-state index is 13.1. The molecule has 1 atom stereocenters. The highest BCUT2D eigenvalue weighted by molar-refractivity contribution is 7.91. The van der Waals surface area contributed by atoms with Crippen LogP contribution >= 0.6 is 11.3 Å². The normalized spacial score (nSPS) is 21.7. The van der Waals surface area contributed by atoms with Gasteiger partial charge in [0.05, 0.1) is 5.69 Å². The molecule has 0 saturated carbocycles. The number of sulfonamides is 1. The van der Waals surface area contributed by atoms with Gasteiger partial charge in [-0.05, 0) is 38.8 Å². The first-order valence-electron chi connectivity index (χ1n) is 9.86. The second kappa shape index (κ2) is 8.17. The van der Waals surface area contributed by atoms with Crippen LogP contribution in [0, 0.1) is 13.8 Å². The minimum absolute atomic E-state index is 0.0729. The van der Waals surface area contributed by atoms with E-state index < -0.39 is 16.1 Å². The Balaban J connectivity index is 1.39.